The molecule has 0 bridgehead atoms. The van der Waals surface area contributed by atoms with Gasteiger partial charge in [-0.1, -0.05) is 40.5 Å². The largest absolute Gasteiger partial charge is 0.316 e. The van der Waals surface area contributed by atoms with Crippen molar-refractivity contribution in [2.45, 2.75) is 65.8 Å². The lowest BCUT2D eigenvalue weighted by Crippen LogP contribution is -2.44. The molecule has 1 aliphatic carbocycles. The summed E-state index contributed by atoms with van der Waals surface area (Å²) in [6.07, 6.45) is 6.96. The van der Waals surface area contributed by atoms with Gasteiger partial charge in [-0.15, -0.1) is 0 Å². The molecule has 1 N–H and O–H groups in total. The van der Waals surface area contributed by atoms with E-state index in [0.29, 0.717) is 5.41 Å². The molecule has 1 fully saturated rings. The summed E-state index contributed by atoms with van der Waals surface area (Å²) in [7, 11) is 0. The Labute approximate surface area is 108 Å². The second-order valence-corrected chi connectivity index (χ2v) is 6.34. The Hall–Kier alpha value is -0.0800. The quantitative estimate of drug-likeness (QED) is 0.655. The third-order valence-electron chi connectivity index (χ3n) is 3.91. The van der Waals surface area contributed by atoms with Crippen LogP contribution in [-0.2, 0) is 0 Å². The van der Waals surface area contributed by atoms with E-state index in [-0.39, 0.29) is 0 Å². The smallest absolute Gasteiger partial charge is 0.00953 e. The molecule has 0 aliphatic heterocycles. The molecule has 1 saturated carbocycles. The number of hydrogen-bond donors (Lipinski definition) is 1. The van der Waals surface area contributed by atoms with Crippen LogP contribution < -0.4 is 5.32 Å². The summed E-state index contributed by atoms with van der Waals surface area (Å²) in [6, 6.07) is 0.866. The van der Waals surface area contributed by atoms with Gasteiger partial charge >= 0.3 is 0 Å². The van der Waals surface area contributed by atoms with Crippen LogP contribution in [0.2, 0.25) is 0 Å². The van der Waals surface area contributed by atoms with Gasteiger partial charge in [0.2, 0.25) is 0 Å². The summed E-state index contributed by atoms with van der Waals surface area (Å²) >= 11 is 0. The molecule has 0 unspecified atom stereocenters. The van der Waals surface area contributed by atoms with E-state index in [9.17, 15) is 0 Å². The maximum atomic E-state index is 3.57. The summed E-state index contributed by atoms with van der Waals surface area (Å²) in [5, 5.41) is 3.57. The van der Waals surface area contributed by atoms with Gasteiger partial charge in [0.25, 0.3) is 0 Å². The van der Waals surface area contributed by atoms with Crippen LogP contribution in [0.3, 0.4) is 0 Å². The monoisotopic (exact) mass is 240 g/mol. The molecule has 2 heteroatoms. The summed E-state index contributed by atoms with van der Waals surface area (Å²) < 4.78 is 0. The zero-order valence-corrected chi connectivity index (χ0v) is 12.4. The van der Waals surface area contributed by atoms with Crippen molar-refractivity contribution in [2.24, 2.45) is 5.41 Å². The van der Waals surface area contributed by atoms with Crippen molar-refractivity contribution in [1.29, 1.82) is 0 Å². The average molecular weight is 240 g/mol. The summed E-state index contributed by atoms with van der Waals surface area (Å²) in [6.45, 7) is 14.1. The lowest BCUT2D eigenvalue weighted by atomic mass is 9.91. The lowest BCUT2D eigenvalue weighted by molar-refractivity contribution is 0.135. The van der Waals surface area contributed by atoms with Gasteiger partial charge in [-0.2, -0.15) is 0 Å². The highest BCUT2D eigenvalue weighted by Gasteiger charge is 2.27. The Kier molecular flexibility index (Phi) is 6.50. The molecule has 0 spiro atoms. The molecule has 0 atom stereocenters. The molecule has 0 heterocycles. The third kappa shape index (κ3) is 5.39. The molecule has 17 heavy (non-hydrogen) atoms. The molecule has 0 aromatic heterocycles. The predicted octanol–water partition coefficient (Wildman–Crippen LogP) is 3.28. The minimum absolute atomic E-state index is 0.397. The topological polar surface area (TPSA) is 15.3 Å². The van der Waals surface area contributed by atoms with Crippen LogP contribution >= 0.6 is 0 Å². The van der Waals surface area contributed by atoms with Gasteiger partial charge in [-0.05, 0) is 37.8 Å². The minimum Gasteiger partial charge on any atom is -0.316 e. The summed E-state index contributed by atoms with van der Waals surface area (Å²) in [4.78, 5) is 2.71. The van der Waals surface area contributed by atoms with Crippen molar-refractivity contribution in [3.8, 4) is 0 Å². The minimum atomic E-state index is 0.397. The Morgan fingerprint density at radius 3 is 2.35 bits per heavy atom. The fraction of sp³-hybridized carbons (Fsp3) is 1.00. The standard InChI is InChI=1S/C15H32N2/c1-5-11-16-12-15(3,4)13-17(6-2)14-9-7-8-10-14/h14,16H,5-13H2,1-4H3. The van der Waals surface area contributed by atoms with Crippen molar-refractivity contribution in [2.75, 3.05) is 26.2 Å². The molecule has 1 aliphatic rings. The molecule has 2 nitrogen and oxygen atoms in total. The van der Waals surface area contributed by atoms with Crippen molar-refractivity contribution in [3.05, 3.63) is 0 Å². The summed E-state index contributed by atoms with van der Waals surface area (Å²) in [5.74, 6) is 0. The first kappa shape index (κ1) is 15.0. The Bertz CT molecular complexity index is 195. The van der Waals surface area contributed by atoms with E-state index >= 15 is 0 Å². The predicted molar refractivity (Wildman–Crippen MR) is 76.4 cm³/mol. The highest BCUT2D eigenvalue weighted by atomic mass is 15.2. The van der Waals surface area contributed by atoms with E-state index in [4.69, 9.17) is 0 Å². The molecule has 0 aromatic rings. The van der Waals surface area contributed by atoms with E-state index in [0.717, 1.165) is 19.1 Å². The highest BCUT2D eigenvalue weighted by Crippen LogP contribution is 2.26. The Balaban J connectivity index is 2.36. The zero-order valence-electron chi connectivity index (χ0n) is 12.4. The lowest BCUT2D eigenvalue weighted by Gasteiger charge is -2.36. The molecule has 0 radical (unpaired) electrons. The van der Waals surface area contributed by atoms with E-state index in [1.165, 1.54) is 45.2 Å². The molecule has 0 amide bonds. The molecular weight excluding hydrogens is 208 g/mol. The number of nitrogens with one attached hydrogen (secondary N) is 1. The van der Waals surface area contributed by atoms with Crippen molar-refractivity contribution in [1.82, 2.24) is 10.2 Å². The van der Waals surface area contributed by atoms with Gasteiger partial charge in [-0.25, -0.2) is 0 Å². The first-order valence-electron chi connectivity index (χ1n) is 7.54. The first-order valence-corrected chi connectivity index (χ1v) is 7.54. The van der Waals surface area contributed by atoms with Crippen LogP contribution in [0.15, 0.2) is 0 Å². The first-order chi connectivity index (χ1) is 8.09. The van der Waals surface area contributed by atoms with Gasteiger partial charge in [0.1, 0.15) is 0 Å². The van der Waals surface area contributed by atoms with E-state index in [1.54, 1.807) is 0 Å². The number of nitrogens with zero attached hydrogens (tertiary/aromatic N) is 1. The SMILES string of the molecule is CCCNCC(C)(C)CN(CC)C1CCCC1. The third-order valence-corrected chi connectivity index (χ3v) is 3.91. The summed E-state index contributed by atoms with van der Waals surface area (Å²) in [5.41, 5.74) is 0.397. The normalized spacial score (nSPS) is 18.2. The molecular formula is C15H32N2. The fourth-order valence-electron chi connectivity index (χ4n) is 2.98. The van der Waals surface area contributed by atoms with Gasteiger partial charge in [0.15, 0.2) is 0 Å². The fourth-order valence-corrected chi connectivity index (χ4v) is 2.98. The maximum absolute atomic E-state index is 3.57. The van der Waals surface area contributed by atoms with Crippen LogP contribution in [0, 0.1) is 5.41 Å². The Morgan fingerprint density at radius 2 is 1.82 bits per heavy atom. The molecule has 0 aromatic carbocycles. The van der Waals surface area contributed by atoms with Crippen LogP contribution in [0.1, 0.15) is 59.8 Å². The van der Waals surface area contributed by atoms with Gasteiger partial charge < -0.3 is 10.2 Å². The van der Waals surface area contributed by atoms with Crippen molar-refractivity contribution < 1.29 is 0 Å². The number of rotatable bonds is 8. The van der Waals surface area contributed by atoms with Gasteiger partial charge in [-0.3, -0.25) is 0 Å². The van der Waals surface area contributed by atoms with Crippen molar-refractivity contribution in [3.63, 3.8) is 0 Å². The zero-order chi connectivity index (χ0) is 12.7. The van der Waals surface area contributed by atoms with E-state index in [2.05, 4.69) is 37.9 Å². The van der Waals surface area contributed by atoms with E-state index in [1.807, 2.05) is 0 Å². The molecule has 1 rings (SSSR count). The molecule has 0 saturated heterocycles. The van der Waals surface area contributed by atoms with E-state index < -0.39 is 0 Å². The number of hydrogen-bond acceptors (Lipinski definition) is 2. The van der Waals surface area contributed by atoms with Crippen LogP contribution in [0.4, 0.5) is 0 Å². The van der Waals surface area contributed by atoms with Gasteiger partial charge in [0.05, 0.1) is 0 Å². The van der Waals surface area contributed by atoms with Crippen LogP contribution in [-0.4, -0.2) is 37.1 Å². The second kappa shape index (κ2) is 7.38. The average Bonchev–Trinajstić information content (AvgIpc) is 2.79. The highest BCUT2D eigenvalue weighted by molar-refractivity contribution is 4.82. The Morgan fingerprint density at radius 1 is 1.18 bits per heavy atom. The van der Waals surface area contributed by atoms with Gasteiger partial charge in [0, 0.05) is 19.1 Å². The molecule has 102 valence electrons. The van der Waals surface area contributed by atoms with Crippen LogP contribution in [0.25, 0.3) is 0 Å². The van der Waals surface area contributed by atoms with Crippen LogP contribution in [0.5, 0.6) is 0 Å². The van der Waals surface area contributed by atoms with Crippen molar-refractivity contribution >= 4 is 0 Å². The maximum Gasteiger partial charge on any atom is 0.00953 e. The second-order valence-electron chi connectivity index (χ2n) is 6.34.